The van der Waals surface area contributed by atoms with E-state index in [9.17, 15) is 10.2 Å². The summed E-state index contributed by atoms with van der Waals surface area (Å²) in [7, 11) is 6.27. The molecule has 5 aromatic rings. The Hall–Kier alpha value is -4.62. The van der Waals surface area contributed by atoms with Crippen LogP contribution in [0.2, 0.25) is 0 Å². The average molecular weight is 541 g/mol. The van der Waals surface area contributed by atoms with Gasteiger partial charge in [-0.1, -0.05) is 54.6 Å². The molecule has 0 unspecified atom stereocenters. The lowest BCUT2D eigenvalue weighted by Crippen LogP contribution is -2.12. The van der Waals surface area contributed by atoms with Gasteiger partial charge < -0.3 is 33.9 Å². The number of phenolic OH excluding ortho intramolecular Hbond substituents is 2. The van der Waals surface area contributed by atoms with Gasteiger partial charge in [-0.3, -0.25) is 0 Å². The first-order valence-corrected chi connectivity index (χ1v) is 12.9. The highest BCUT2D eigenvalue weighted by molar-refractivity contribution is 6.01. The Morgan fingerprint density at radius 3 is 1.50 bits per heavy atom. The highest BCUT2D eigenvalue weighted by Gasteiger charge is 2.28. The first-order chi connectivity index (χ1) is 19.5. The second-order valence-corrected chi connectivity index (χ2v) is 9.35. The molecule has 0 saturated carbocycles. The Balaban J connectivity index is 1.75. The van der Waals surface area contributed by atoms with E-state index in [1.165, 1.54) is 0 Å². The smallest absolute Gasteiger partial charge is 0.131 e. The van der Waals surface area contributed by atoms with Gasteiger partial charge >= 0.3 is 0 Å². The van der Waals surface area contributed by atoms with Gasteiger partial charge in [0.15, 0.2) is 0 Å². The fraction of sp³-hybridized carbons (Fsp3) is 0.212. The van der Waals surface area contributed by atoms with Crippen LogP contribution in [0.3, 0.4) is 0 Å². The number of fused-ring (bicyclic) bond motifs is 2. The highest BCUT2D eigenvalue weighted by Crippen LogP contribution is 2.49. The van der Waals surface area contributed by atoms with Crippen LogP contribution in [0.4, 0.5) is 0 Å². The maximum absolute atomic E-state index is 11.7. The lowest BCUT2D eigenvalue weighted by Gasteiger charge is -2.24. The Bertz CT molecular complexity index is 1550. The van der Waals surface area contributed by atoms with Crippen molar-refractivity contribution in [2.75, 3.05) is 35.0 Å². The third-order valence-corrected chi connectivity index (χ3v) is 7.20. The first kappa shape index (κ1) is 27.0. The molecular formula is C33H32O7. The minimum absolute atomic E-state index is 0.0139. The van der Waals surface area contributed by atoms with E-state index in [2.05, 4.69) is 0 Å². The van der Waals surface area contributed by atoms with Crippen LogP contribution in [-0.4, -0.2) is 45.3 Å². The molecule has 0 aliphatic heterocycles. The third-order valence-electron chi connectivity index (χ3n) is 7.20. The van der Waals surface area contributed by atoms with Crippen molar-refractivity contribution in [2.24, 2.45) is 0 Å². The summed E-state index contributed by atoms with van der Waals surface area (Å²) in [6.07, 6.45) is 0. The molecule has 0 spiro atoms. The lowest BCUT2D eigenvalue weighted by molar-refractivity contribution is 0.113. The molecule has 0 amide bonds. The van der Waals surface area contributed by atoms with Crippen molar-refractivity contribution >= 4 is 21.5 Å². The molecule has 0 bridgehead atoms. The van der Waals surface area contributed by atoms with Crippen molar-refractivity contribution < 1.29 is 33.9 Å². The Labute approximate surface area is 233 Å². The average Bonchev–Trinajstić information content (AvgIpc) is 3.00. The summed E-state index contributed by atoms with van der Waals surface area (Å²) in [5.74, 6) is 1.52. The molecule has 7 heteroatoms. The van der Waals surface area contributed by atoms with Crippen LogP contribution in [0.15, 0.2) is 78.9 Å². The summed E-state index contributed by atoms with van der Waals surface area (Å²) in [5, 5.41) is 25.9. The number of methoxy groups -OCH3 is 4. The van der Waals surface area contributed by atoms with E-state index in [1.807, 2.05) is 54.6 Å². The van der Waals surface area contributed by atoms with E-state index in [0.29, 0.717) is 62.3 Å². The minimum atomic E-state index is -0.616. The monoisotopic (exact) mass is 540 g/mol. The molecule has 0 aromatic heterocycles. The van der Waals surface area contributed by atoms with Gasteiger partial charge in [-0.2, -0.15) is 0 Å². The van der Waals surface area contributed by atoms with Gasteiger partial charge in [-0.25, -0.2) is 0 Å². The van der Waals surface area contributed by atoms with E-state index in [-0.39, 0.29) is 18.1 Å². The third kappa shape index (κ3) is 4.80. The van der Waals surface area contributed by atoms with Gasteiger partial charge in [0.25, 0.3) is 0 Å². The summed E-state index contributed by atoms with van der Waals surface area (Å²) in [6, 6.07) is 24.4. The first-order valence-electron chi connectivity index (χ1n) is 12.9. The van der Waals surface area contributed by atoms with Crippen LogP contribution in [0.5, 0.6) is 34.5 Å². The molecule has 5 aromatic carbocycles. The van der Waals surface area contributed by atoms with Crippen molar-refractivity contribution in [1.82, 2.24) is 0 Å². The zero-order valence-electron chi connectivity index (χ0n) is 22.9. The van der Waals surface area contributed by atoms with Gasteiger partial charge in [0.1, 0.15) is 34.5 Å². The number of phenols is 2. The van der Waals surface area contributed by atoms with Crippen LogP contribution in [0.25, 0.3) is 21.5 Å². The topological polar surface area (TPSA) is 86.6 Å². The summed E-state index contributed by atoms with van der Waals surface area (Å²) < 4.78 is 28.9. The van der Waals surface area contributed by atoms with Gasteiger partial charge in [-0.05, 0) is 29.8 Å². The largest absolute Gasteiger partial charge is 0.507 e. The lowest BCUT2D eigenvalue weighted by atomic mass is 9.86. The van der Waals surface area contributed by atoms with Gasteiger partial charge in [-0.15, -0.1) is 0 Å². The number of rotatable bonds is 10. The van der Waals surface area contributed by atoms with Crippen molar-refractivity contribution in [3.05, 3.63) is 95.6 Å². The Morgan fingerprint density at radius 1 is 0.575 bits per heavy atom. The van der Waals surface area contributed by atoms with Crippen molar-refractivity contribution in [3.63, 3.8) is 0 Å². The zero-order chi connectivity index (χ0) is 28.2. The second kappa shape index (κ2) is 11.6. The van der Waals surface area contributed by atoms with Crippen molar-refractivity contribution in [2.45, 2.75) is 12.5 Å². The molecule has 5 rings (SSSR count). The molecule has 0 saturated heterocycles. The van der Waals surface area contributed by atoms with Crippen LogP contribution < -0.4 is 18.9 Å². The fourth-order valence-corrected chi connectivity index (χ4v) is 5.25. The molecule has 0 aliphatic carbocycles. The summed E-state index contributed by atoms with van der Waals surface area (Å²) in [4.78, 5) is 0. The molecule has 0 aliphatic rings. The number of aromatic hydroxyl groups is 2. The second-order valence-electron chi connectivity index (χ2n) is 9.35. The van der Waals surface area contributed by atoms with E-state index < -0.39 is 5.92 Å². The summed E-state index contributed by atoms with van der Waals surface area (Å²) in [5.41, 5.74) is 2.02. The van der Waals surface area contributed by atoms with Crippen LogP contribution >= 0.6 is 0 Å². The van der Waals surface area contributed by atoms with Crippen LogP contribution in [0, 0.1) is 0 Å². The number of benzene rings is 5. The minimum Gasteiger partial charge on any atom is -0.507 e. The summed E-state index contributed by atoms with van der Waals surface area (Å²) in [6.45, 7) is 0.491. The van der Waals surface area contributed by atoms with Crippen molar-refractivity contribution in [3.8, 4) is 34.5 Å². The zero-order valence-corrected chi connectivity index (χ0v) is 22.9. The number of hydrogen-bond acceptors (Lipinski definition) is 7. The SMILES string of the molecule is COc1cc(C(COCc2ccccc2)c2cc(OC)c3cccc(OC)c3c2O)c(O)c2c(OC)cccc12. The maximum Gasteiger partial charge on any atom is 0.131 e. The molecule has 0 fully saturated rings. The quantitative estimate of drug-likeness (QED) is 0.202. The predicted octanol–water partition coefficient (Wildman–Crippen LogP) is 6.79. The van der Waals surface area contributed by atoms with Crippen LogP contribution in [-0.2, 0) is 11.3 Å². The highest BCUT2D eigenvalue weighted by atomic mass is 16.5. The van der Waals surface area contributed by atoms with E-state index in [0.717, 1.165) is 5.56 Å². The van der Waals surface area contributed by atoms with Crippen molar-refractivity contribution in [1.29, 1.82) is 0 Å². The Morgan fingerprint density at radius 2 is 1.05 bits per heavy atom. The normalized spacial score (nSPS) is 11.2. The Kier molecular flexibility index (Phi) is 7.84. The van der Waals surface area contributed by atoms with E-state index in [4.69, 9.17) is 23.7 Å². The van der Waals surface area contributed by atoms with E-state index in [1.54, 1.807) is 52.7 Å². The maximum atomic E-state index is 11.7. The summed E-state index contributed by atoms with van der Waals surface area (Å²) >= 11 is 0. The standard InChI is InChI=1S/C33H32O7/c1-36-26-14-8-12-21-28(38-3)16-23(32(34)30(21)26)25(19-40-18-20-10-6-5-7-11-20)24-17-29(39-4)22-13-9-15-27(37-2)31(22)33(24)35/h5-17,25,34-35H,18-19H2,1-4H3. The molecule has 7 nitrogen and oxygen atoms in total. The fourth-order valence-electron chi connectivity index (χ4n) is 5.25. The molecule has 0 atom stereocenters. The van der Waals surface area contributed by atoms with Crippen LogP contribution in [0.1, 0.15) is 22.6 Å². The molecule has 206 valence electrons. The molecule has 0 radical (unpaired) electrons. The number of ether oxygens (including phenoxy) is 5. The van der Waals surface area contributed by atoms with Gasteiger partial charge in [0.05, 0.1) is 52.4 Å². The molecular weight excluding hydrogens is 508 g/mol. The van der Waals surface area contributed by atoms with Gasteiger partial charge in [0, 0.05) is 27.8 Å². The molecule has 0 heterocycles. The molecule has 40 heavy (non-hydrogen) atoms. The molecule has 2 N–H and O–H groups in total. The van der Waals surface area contributed by atoms with E-state index >= 15 is 0 Å². The number of hydrogen-bond donors (Lipinski definition) is 2. The van der Waals surface area contributed by atoms with Gasteiger partial charge in [0.2, 0.25) is 0 Å². The predicted molar refractivity (Wildman–Crippen MR) is 155 cm³/mol.